The van der Waals surface area contributed by atoms with Crippen LogP contribution in [0.5, 0.6) is 5.75 Å². The zero-order chi connectivity index (χ0) is 18.4. The first kappa shape index (κ1) is 18.9. The number of carbonyl (C=O) groups excluding carboxylic acids is 2. The lowest BCUT2D eigenvalue weighted by atomic mass is 10.2. The van der Waals surface area contributed by atoms with Crippen molar-refractivity contribution in [3.05, 3.63) is 58.3 Å². The van der Waals surface area contributed by atoms with Crippen LogP contribution in [-0.4, -0.2) is 36.9 Å². The van der Waals surface area contributed by atoms with Crippen LogP contribution in [0, 0.1) is 12.7 Å². The number of ether oxygens (including phenoxy) is 1. The molecule has 7 heteroatoms. The van der Waals surface area contributed by atoms with Crippen LogP contribution in [0.1, 0.15) is 5.56 Å². The maximum absolute atomic E-state index is 13.0. The molecule has 0 atom stereocenters. The molecule has 5 nitrogen and oxygen atoms in total. The van der Waals surface area contributed by atoms with E-state index in [4.69, 9.17) is 4.74 Å². The quantitative estimate of drug-likeness (QED) is 0.796. The molecule has 0 aliphatic carbocycles. The molecule has 2 aromatic rings. The van der Waals surface area contributed by atoms with Gasteiger partial charge in [0.05, 0.1) is 11.0 Å². The molecule has 0 fully saturated rings. The second-order valence-electron chi connectivity index (χ2n) is 5.53. The fourth-order valence-electron chi connectivity index (χ4n) is 1.98. The van der Waals surface area contributed by atoms with Crippen LogP contribution < -0.4 is 10.1 Å². The van der Waals surface area contributed by atoms with Crippen molar-refractivity contribution >= 4 is 33.4 Å². The number of likely N-dealkylation sites (N-methyl/N-ethyl adjacent to an activating group) is 1. The summed E-state index contributed by atoms with van der Waals surface area (Å²) in [6.45, 7) is 1.61. The van der Waals surface area contributed by atoms with Gasteiger partial charge in [0.25, 0.3) is 5.91 Å². The Morgan fingerprint density at radius 2 is 1.88 bits per heavy atom. The standard InChI is InChI=1S/C18H18BrFN2O3/c1-12-3-6-14(7-4-12)21-17(23)10-22(2)18(24)11-25-16-8-5-13(20)9-15(16)19/h3-9H,10-11H2,1-2H3,(H,21,23). The van der Waals surface area contributed by atoms with E-state index in [9.17, 15) is 14.0 Å². The number of hydrogen-bond donors (Lipinski definition) is 1. The fourth-order valence-corrected chi connectivity index (χ4v) is 2.45. The number of anilines is 1. The van der Waals surface area contributed by atoms with Gasteiger partial charge in [-0.05, 0) is 53.2 Å². The zero-order valence-corrected chi connectivity index (χ0v) is 15.5. The van der Waals surface area contributed by atoms with Crippen molar-refractivity contribution in [1.29, 1.82) is 0 Å². The smallest absolute Gasteiger partial charge is 0.260 e. The SMILES string of the molecule is Cc1ccc(NC(=O)CN(C)C(=O)COc2ccc(F)cc2Br)cc1. The molecule has 0 saturated carbocycles. The Morgan fingerprint density at radius 3 is 2.52 bits per heavy atom. The van der Waals surface area contributed by atoms with E-state index in [0.29, 0.717) is 15.9 Å². The predicted molar refractivity (Wildman–Crippen MR) is 97.0 cm³/mol. The summed E-state index contributed by atoms with van der Waals surface area (Å²) in [7, 11) is 1.51. The molecule has 1 N–H and O–H groups in total. The average molecular weight is 409 g/mol. The molecule has 2 aromatic carbocycles. The number of hydrogen-bond acceptors (Lipinski definition) is 3. The number of rotatable bonds is 6. The van der Waals surface area contributed by atoms with Gasteiger partial charge in [-0.2, -0.15) is 0 Å². The highest BCUT2D eigenvalue weighted by molar-refractivity contribution is 9.10. The molecule has 0 spiro atoms. The molecule has 132 valence electrons. The van der Waals surface area contributed by atoms with E-state index in [1.54, 1.807) is 12.1 Å². The van der Waals surface area contributed by atoms with Crippen molar-refractivity contribution in [2.75, 3.05) is 25.5 Å². The first-order valence-corrected chi connectivity index (χ1v) is 8.33. The Labute approximate surface area is 153 Å². The third-order valence-corrected chi connectivity index (χ3v) is 4.01. The molecule has 0 heterocycles. The minimum atomic E-state index is -0.407. The lowest BCUT2D eigenvalue weighted by molar-refractivity contribution is -0.135. The summed E-state index contributed by atoms with van der Waals surface area (Å²) >= 11 is 3.16. The van der Waals surface area contributed by atoms with E-state index in [0.717, 1.165) is 5.56 Å². The zero-order valence-electron chi connectivity index (χ0n) is 13.9. The van der Waals surface area contributed by atoms with E-state index < -0.39 is 5.82 Å². The summed E-state index contributed by atoms with van der Waals surface area (Å²) < 4.78 is 18.8. The largest absolute Gasteiger partial charge is 0.483 e. The Balaban J connectivity index is 1.82. The Morgan fingerprint density at radius 1 is 1.20 bits per heavy atom. The fraction of sp³-hybridized carbons (Fsp3) is 0.222. The van der Waals surface area contributed by atoms with Crippen molar-refractivity contribution < 1.29 is 18.7 Å². The number of nitrogens with zero attached hydrogens (tertiary/aromatic N) is 1. The third kappa shape index (κ3) is 5.86. The molecule has 0 saturated heterocycles. The summed E-state index contributed by atoms with van der Waals surface area (Å²) in [5.74, 6) is -0.722. The van der Waals surface area contributed by atoms with Crippen molar-refractivity contribution in [1.82, 2.24) is 4.90 Å². The van der Waals surface area contributed by atoms with Crippen molar-refractivity contribution in [2.45, 2.75) is 6.92 Å². The molecule has 2 rings (SSSR count). The summed E-state index contributed by atoms with van der Waals surface area (Å²) in [6, 6.07) is 11.3. The number of carbonyl (C=O) groups is 2. The van der Waals surface area contributed by atoms with Gasteiger partial charge in [0.1, 0.15) is 11.6 Å². The number of benzene rings is 2. The molecule has 0 aliphatic heterocycles. The molecule has 0 aliphatic rings. The van der Waals surface area contributed by atoms with Crippen LogP contribution in [-0.2, 0) is 9.59 Å². The minimum Gasteiger partial charge on any atom is -0.483 e. The second kappa shape index (κ2) is 8.62. The second-order valence-corrected chi connectivity index (χ2v) is 6.38. The van der Waals surface area contributed by atoms with Gasteiger partial charge in [0.15, 0.2) is 6.61 Å². The van der Waals surface area contributed by atoms with Crippen molar-refractivity contribution in [3.63, 3.8) is 0 Å². The summed E-state index contributed by atoms with van der Waals surface area (Å²) in [5.41, 5.74) is 1.76. The van der Waals surface area contributed by atoms with E-state index >= 15 is 0 Å². The first-order chi connectivity index (χ1) is 11.8. The summed E-state index contributed by atoms with van der Waals surface area (Å²) in [5, 5.41) is 2.72. The van der Waals surface area contributed by atoms with Gasteiger partial charge in [-0.25, -0.2) is 4.39 Å². The summed E-state index contributed by atoms with van der Waals surface area (Å²) in [4.78, 5) is 25.3. The molecule has 2 amide bonds. The molecular formula is C18H18BrFN2O3. The van der Waals surface area contributed by atoms with Crippen LogP contribution in [0.25, 0.3) is 0 Å². The van der Waals surface area contributed by atoms with Gasteiger partial charge in [-0.3, -0.25) is 9.59 Å². The van der Waals surface area contributed by atoms with Gasteiger partial charge in [0.2, 0.25) is 5.91 Å². The van der Waals surface area contributed by atoms with Gasteiger partial charge >= 0.3 is 0 Å². The first-order valence-electron chi connectivity index (χ1n) is 7.53. The number of nitrogens with one attached hydrogen (secondary N) is 1. The van der Waals surface area contributed by atoms with Gasteiger partial charge < -0.3 is 15.0 Å². The van der Waals surface area contributed by atoms with Crippen LogP contribution in [0.4, 0.5) is 10.1 Å². The topological polar surface area (TPSA) is 58.6 Å². The lowest BCUT2D eigenvalue weighted by Gasteiger charge is -2.17. The van der Waals surface area contributed by atoms with Crippen molar-refractivity contribution in [3.8, 4) is 5.75 Å². The third-order valence-electron chi connectivity index (χ3n) is 3.39. The molecule has 0 radical (unpaired) electrons. The maximum Gasteiger partial charge on any atom is 0.260 e. The average Bonchev–Trinajstić information content (AvgIpc) is 2.55. The minimum absolute atomic E-state index is 0.0966. The molecular weight excluding hydrogens is 391 g/mol. The van der Waals surface area contributed by atoms with E-state index in [1.807, 2.05) is 19.1 Å². The highest BCUT2D eigenvalue weighted by atomic mass is 79.9. The van der Waals surface area contributed by atoms with Gasteiger partial charge in [-0.1, -0.05) is 17.7 Å². The Kier molecular flexibility index (Phi) is 6.52. The summed E-state index contributed by atoms with van der Waals surface area (Å²) in [6.07, 6.45) is 0. The number of amides is 2. The van der Waals surface area contributed by atoms with Crippen LogP contribution in [0.15, 0.2) is 46.9 Å². The van der Waals surface area contributed by atoms with Crippen LogP contribution in [0.3, 0.4) is 0 Å². The Hall–Kier alpha value is -2.41. The molecule has 0 unspecified atom stereocenters. The number of aryl methyl sites for hydroxylation is 1. The number of halogens is 2. The van der Waals surface area contributed by atoms with Gasteiger partial charge in [-0.15, -0.1) is 0 Å². The molecule has 25 heavy (non-hydrogen) atoms. The van der Waals surface area contributed by atoms with E-state index in [2.05, 4.69) is 21.2 Å². The molecule has 0 aromatic heterocycles. The highest BCUT2D eigenvalue weighted by Crippen LogP contribution is 2.25. The van der Waals surface area contributed by atoms with E-state index in [-0.39, 0.29) is 25.0 Å². The van der Waals surface area contributed by atoms with E-state index in [1.165, 1.54) is 30.1 Å². The normalized spacial score (nSPS) is 10.2. The Bertz CT molecular complexity index is 765. The maximum atomic E-state index is 13.0. The van der Waals surface area contributed by atoms with Crippen LogP contribution >= 0.6 is 15.9 Å². The predicted octanol–water partition coefficient (Wildman–Crippen LogP) is 3.37. The van der Waals surface area contributed by atoms with Gasteiger partial charge in [0, 0.05) is 12.7 Å². The van der Waals surface area contributed by atoms with Crippen molar-refractivity contribution in [2.24, 2.45) is 0 Å². The highest BCUT2D eigenvalue weighted by Gasteiger charge is 2.14. The lowest BCUT2D eigenvalue weighted by Crippen LogP contribution is -2.37. The monoisotopic (exact) mass is 408 g/mol. The van der Waals surface area contributed by atoms with Crippen LogP contribution in [0.2, 0.25) is 0 Å². The molecule has 0 bridgehead atoms.